The molecule has 2 rings (SSSR count). The Labute approximate surface area is 121 Å². The minimum atomic E-state index is -0.527. The van der Waals surface area contributed by atoms with Crippen molar-refractivity contribution in [2.45, 2.75) is 0 Å². The molecule has 0 saturated heterocycles. The Morgan fingerprint density at radius 3 is 2.67 bits per heavy atom. The van der Waals surface area contributed by atoms with Crippen molar-refractivity contribution in [1.82, 2.24) is 0 Å². The van der Waals surface area contributed by atoms with Gasteiger partial charge in [-0.05, 0) is 18.2 Å². The fraction of sp³-hybridized carbons (Fsp3) is 0.0625. The molecule has 2 aromatic rings. The molecule has 21 heavy (non-hydrogen) atoms. The molecule has 106 valence electrons. The van der Waals surface area contributed by atoms with Crippen LogP contribution in [0.25, 0.3) is 6.08 Å². The number of non-ortho nitro benzene ring substituents is 1. The fourth-order valence-electron chi connectivity index (χ4n) is 1.84. The number of benzene rings is 2. The van der Waals surface area contributed by atoms with Crippen LogP contribution < -0.4 is 4.74 Å². The molecule has 0 aliphatic carbocycles. The minimum Gasteiger partial charge on any atom is -0.496 e. The summed E-state index contributed by atoms with van der Waals surface area (Å²) in [6, 6.07) is 12.9. The van der Waals surface area contributed by atoms with Crippen molar-refractivity contribution in [2.24, 2.45) is 0 Å². The molecule has 0 aliphatic heterocycles. The van der Waals surface area contributed by atoms with Gasteiger partial charge in [0.15, 0.2) is 5.78 Å². The number of carbonyl (C=O) groups is 1. The van der Waals surface area contributed by atoms with Gasteiger partial charge in [-0.25, -0.2) is 0 Å². The zero-order chi connectivity index (χ0) is 15.2. The van der Waals surface area contributed by atoms with Crippen molar-refractivity contribution in [3.05, 3.63) is 75.8 Å². The molecule has 0 aliphatic rings. The number of nitro benzene ring substituents is 1. The van der Waals surface area contributed by atoms with Crippen LogP contribution in [0, 0.1) is 10.1 Å². The first-order chi connectivity index (χ1) is 10.1. The van der Waals surface area contributed by atoms with Crippen LogP contribution in [0.1, 0.15) is 15.9 Å². The summed E-state index contributed by atoms with van der Waals surface area (Å²) >= 11 is 0. The number of rotatable bonds is 5. The summed E-state index contributed by atoms with van der Waals surface area (Å²) in [5.74, 6) is 0.352. The van der Waals surface area contributed by atoms with Crippen molar-refractivity contribution in [1.29, 1.82) is 0 Å². The summed E-state index contributed by atoms with van der Waals surface area (Å²) in [5.41, 5.74) is 0.931. The van der Waals surface area contributed by atoms with Crippen LogP contribution in [0.5, 0.6) is 5.75 Å². The number of para-hydroxylation sites is 1. The highest BCUT2D eigenvalue weighted by Gasteiger charge is 2.09. The summed E-state index contributed by atoms with van der Waals surface area (Å²) in [6.07, 6.45) is 3.00. The van der Waals surface area contributed by atoms with Crippen LogP contribution in [-0.4, -0.2) is 17.8 Å². The molecule has 5 heteroatoms. The molecule has 0 unspecified atom stereocenters. The Hall–Kier alpha value is -2.95. The predicted octanol–water partition coefficient (Wildman–Crippen LogP) is 3.50. The second-order valence-electron chi connectivity index (χ2n) is 4.25. The summed E-state index contributed by atoms with van der Waals surface area (Å²) in [5, 5.41) is 10.7. The molecule has 0 saturated carbocycles. The molecular weight excluding hydrogens is 270 g/mol. The van der Waals surface area contributed by atoms with Gasteiger partial charge in [-0.15, -0.1) is 0 Å². The maximum Gasteiger partial charge on any atom is 0.270 e. The van der Waals surface area contributed by atoms with Crippen LogP contribution in [0.2, 0.25) is 0 Å². The van der Waals surface area contributed by atoms with E-state index >= 15 is 0 Å². The molecule has 0 amide bonds. The van der Waals surface area contributed by atoms with E-state index < -0.39 is 4.92 Å². The number of allylic oxidation sites excluding steroid dienone is 1. The number of ether oxygens (including phenoxy) is 1. The van der Waals surface area contributed by atoms with Crippen LogP contribution in [-0.2, 0) is 0 Å². The van der Waals surface area contributed by atoms with E-state index in [0.717, 1.165) is 5.56 Å². The first kappa shape index (κ1) is 14.5. The molecular formula is C16H13NO4. The van der Waals surface area contributed by atoms with Crippen LogP contribution >= 0.6 is 0 Å². The smallest absolute Gasteiger partial charge is 0.270 e. The van der Waals surface area contributed by atoms with Gasteiger partial charge in [-0.2, -0.15) is 0 Å². The third kappa shape index (κ3) is 3.54. The monoisotopic (exact) mass is 283 g/mol. The van der Waals surface area contributed by atoms with Gasteiger partial charge < -0.3 is 4.74 Å². The Morgan fingerprint density at radius 1 is 1.19 bits per heavy atom. The third-order valence-corrected chi connectivity index (χ3v) is 2.89. The zero-order valence-corrected chi connectivity index (χ0v) is 11.4. The Kier molecular flexibility index (Phi) is 4.46. The van der Waals surface area contributed by atoms with Gasteiger partial charge >= 0.3 is 0 Å². The predicted molar refractivity (Wildman–Crippen MR) is 79.5 cm³/mol. The highest BCUT2D eigenvalue weighted by Crippen LogP contribution is 2.19. The van der Waals surface area contributed by atoms with Crippen LogP contribution in [0.3, 0.4) is 0 Å². The summed E-state index contributed by atoms with van der Waals surface area (Å²) in [6.45, 7) is 0. The van der Waals surface area contributed by atoms with Gasteiger partial charge in [0.2, 0.25) is 0 Å². The first-order valence-corrected chi connectivity index (χ1v) is 6.21. The lowest BCUT2D eigenvalue weighted by Gasteiger charge is -2.03. The number of carbonyl (C=O) groups excluding carboxylic acids is 1. The number of nitro groups is 1. The standard InChI is InChI=1S/C16H13NO4/c1-21-16-8-3-2-5-12(16)9-10-15(18)13-6-4-7-14(11-13)17(19)20/h2-11H,1H3/b10-9+. The maximum absolute atomic E-state index is 12.0. The molecule has 0 N–H and O–H groups in total. The highest BCUT2D eigenvalue weighted by molar-refractivity contribution is 6.07. The van der Waals surface area contributed by atoms with Crippen molar-refractivity contribution in [2.75, 3.05) is 7.11 Å². The molecule has 2 aromatic carbocycles. The van der Waals surface area contributed by atoms with Crippen molar-refractivity contribution in [3.63, 3.8) is 0 Å². The lowest BCUT2D eigenvalue weighted by Crippen LogP contribution is -1.96. The quantitative estimate of drug-likeness (QED) is 0.364. The van der Waals surface area contributed by atoms with Gasteiger partial charge in [-0.1, -0.05) is 30.3 Å². The largest absolute Gasteiger partial charge is 0.496 e. The number of ketones is 1. The average Bonchev–Trinajstić information content (AvgIpc) is 2.52. The topological polar surface area (TPSA) is 69.4 Å². The van der Waals surface area contributed by atoms with Gasteiger partial charge in [0.05, 0.1) is 12.0 Å². The van der Waals surface area contributed by atoms with Crippen molar-refractivity contribution >= 4 is 17.5 Å². The number of methoxy groups -OCH3 is 1. The molecule has 0 heterocycles. The Bertz CT molecular complexity index is 707. The van der Waals surface area contributed by atoms with Gasteiger partial charge in [0, 0.05) is 23.3 Å². The lowest BCUT2D eigenvalue weighted by molar-refractivity contribution is -0.384. The molecule has 0 fully saturated rings. The van der Waals surface area contributed by atoms with Crippen molar-refractivity contribution < 1.29 is 14.5 Å². The highest BCUT2D eigenvalue weighted by atomic mass is 16.6. The number of hydrogen-bond donors (Lipinski definition) is 0. The molecule has 5 nitrogen and oxygen atoms in total. The number of hydrogen-bond acceptors (Lipinski definition) is 4. The average molecular weight is 283 g/mol. The maximum atomic E-state index is 12.0. The molecule has 0 radical (unpaired) electrons. The van der Waals surface area contributed by atoms with Crippen molar-refractivity contribution in [3.8, 4) is 5.75 Å². The molecule has 0 aromatic heterocycles. The van der Waals surface area contributed by atoms with E-state index in [0.29, 0.717) is 5.75 Å². The van der Waals surface area contributed by atoms with E-state index in [1.807, 2.05) is 18.2 Å². The summed E-state index contributed by atoms with van der Waals surface area (Å²) in [7, 11) is 1.55. The van der Waals surface area contributed by atoms with Crippen LogP contribution in [0.15, 0.2) is 54.6 Å². The number of nitrogens with zero attached hydrogens (tertiary/aromatic N) is 1. The van der Waals surface area contributed by atoms with Crippen LogP contribution in [0.4, 0.5) is 5.69 Å². The summed E-state index contributed by atoms with van der Waals surface area (Å²) < 4.78 is 5.18. The SMILES string of the molecule is COc1ccccc1/C=C/C(=O)c1cccc([N+](=O)[O-])c1. The second-order valence-corrected chi connectivity index (χ2v) is 4.25. The van der Waals surface area contributed by atoms with Gasteiger partial charge in [-0.3, -0.25) is 14.9 Å². The van der Waals surface area contributed by atoms with E-state index in [2.05, 4.69) is 0 Å². The first-order valence-electron chi connectivity index (χ1n) is 6.21. The van der Waals surface area contributed by atoms with E-state index in [9.17, 15) is 14.9 Å². The summed E-state index contributed by atoms with van der Waals surface area (Å²) in [4.78, 5) is 22.2. The molecule has 0 atom stereocenters. The lowest BCUT2D eigenvalue weighted by atomic mass is 10.1. The second kappa shape index (κ2) is 6.47. The Morgan fingerprint density at radius 2 is 1.95 bits per heavy atom. The molecule has 0 spiro atoms. The van der Waals surface area contributed by atoms with Gasteiger partial charge in [0.25, 0.3) is 5.69 Å². The normalized spacial score (nSPS) is 10.5. The third-order valence-electron chi connectivity index (χ3n) is 2.89. The fourth-order valence-corrected chi connectivity index (χ4v) is 1.84. The minimum absolute atomic E-state index is 0.105. The van der Waals surface area contributed by atoms with E-state index in [1.165, 1.54) is 24.3 Å². The molecule has 0 bridgehead atoms. The Balaban J connectivity index is 2.23. The van der Waals surface area contributed by atoms with E-state index in [4.69, 9.17) is 4.74 Å². The van der Waals surface area contributed by atoms with E-state index in [-0.39, 0.29) is 17.0 Å². The van der Waals surface area contributed by atoms with E-state index in [1.54, 1.807) is 25.3 Å². The van der Waals surface area contributed by atoms with Gasteiger partial charge in [0.1, 0.15) is 5.75 Å². The zero-order valence-electron chi connectivity index (χ0n) is 11.4.